The van der Waals surface area contributed by atoms with Crippen LogP contribution in [0.3, 0.4) is 0 Å². The Kier molecular flexibility index (Phi) is 5.83. The van der Waals surface area contributed by atoms with Crippen molar-refractivity contribution >= 4 is 33.9 Å². The molecule has 1 amide bonds. The van der Waals surface area contributed by atoms with Gasteiger partial charge in [0.05, 0.1) is 30.5 Å². The van der Waals surface area contributed by atoms with Gasteiger partial charge in [0.1, 0.15) is 29.0 Å². The number of benzene rings is 2. The molecule has 10 nitrogen and oxygen atoms in total. The number of para-hydroxylation sites is 1. The fourth-order valence-electron chi connectivity index (χ4n) is 3.80. The molecule has 172 valence electrons. The zero-order chi connectivity index (χ0) is 23.5. The van der Waals surface area contributed by atoms with Crippen molar-refractivity contribution < 1.29 is 13.9 Å². The summed E-state index contributed by atoms with van der Waals surface area (Å²) < 4.78 is 21.8. The first-order valence-electron chi connectivity index (χ1n) is 10.6. The topological polar surface area (TPSA) is 123 Å². The van der Waals surface area contributed by atoms with Crippen LogP contribution in [0.5, 0.6) is 0 Å². The van der Waals surface area contributed by atoms with Gasteiger partial charge in [0, 0.05) is 19.3 Å². The number of aromatic nitrogens is 6. The van der Waals surface area contributed by atoms with Gasteiger partial charge in [-0.25, -0.2) is 24.3 Å². The predicted octanol–water partition coefficient (Wildman–Crippen LogP) is 2.82. The number of carbonyl (C=O) groups is 1. The summed E-state index contributed by atoms with van der Waals surface area (Å²) in [5.41, 5.74) is 2.74. The minimum absolute atomic E-state index is 0.0748. The van der Waals surface area contributed by atoms with E-state index < -0.39 is 11.7 Å². The second kappa shape index (κ2) is 9.24. The fourth-order valence-corrected chi connectivity index (χ4v) is 3.80. The lowest BCUT2D eigenvalue weighted by Gasteiger charge is -2.13. The molecule has 3 aromatic heterocycles. The molecule has 0 spiro atoms. The first kappa shape index (κ1) is 21.5. The normalized spacial score (nSPS) is 11.2. The third-order valence-corrected chi connectivity index (χ3v) is 5.31. The van der Waals surface area contributed by atoms with Crippen molar-refractivity contribution in [2.45, 2.75) is 6.54 Å². The molecule has 0 aliphatic heterocycles. The Bertz CT molecular complexity index is 1460. The van der Waals surface area contributed by atoms with Gasteiger partial charge in [0.2, 0.25) is 0 Å². The average molecular weight is 460 g/mol. The number of imidazole rings is 2. The molecule has 3 N–H and O–H groups in total. The molecule has 0 aliphatic rings. The summed E-state index contributed by atoms with van der Waals surface area (Å²) in [4.78, 5) is 33.2. The van der Waals surface area contributed by atoms with Crippen molar-refractivity contribution in [2.75, 3.05) is 25.6 Å². The highest BCUT2D eigenvalue weighted by molar-refractivity contribution is 6.06. The molecule has 2 aromatic carbocycles. The summed E-state index contributed by atoms with van der Waals surface area (Å²) in [5, 5.41) is 5.96. The van der Waals surface area contributed by atoms with Crippen LogP contribution in [0.1, 0.15) is 16.2 Å². The fraction of sp³-hybridized carbons (Fsp3) is 0.174. The largest absolute Gasteiger partial charge is 0.383 e. The van der Waals surface area contributed by atoms with E-state index in [9.17, 15) is 9.18 Å². The predicted molar refractivity (Wildman–Crippen MR) is 124 cm³/mol. The first-order valence-corrected chi connectivity index (χ1v) is 10.6. The van der Waals surface area contributed by atoms with Crippen LogP contribution < -0.4 is 10.6 Å². The highest BCUT2D eigenvalue weighted by atomic mass is 19.1. The highest BCUT2D eigenvalue weighted by Gasteiger charge is 2.23. The van der Waals surface area contributed by atoms with Crippen LogP contribution in [0, 0.1) is 5.82 Å². The molecule has 0 atom stereocenters. The van der Waals surface area contributed by atoms with Crippen molar-refractivity contribution in [1.82, 2.24) is 34.8 Å². The van der Waals surface area contributed by atoms with Crippen LogP contribution in [0.15, 0.2) is 55.1 Å². The van der Waals surface area contributed by atoms with E-state index in [-0.39, 0.29) is 18.7 Å². The average Bonchev–Trinajstić information content (AvgIpc) is 3.48. The number of ether oxygens (including phenoxy) is 1. The summed E-state index contributed by atoms with van der Waals surface area (Å²) in [6.07, 6.45) is 2.96. The molecule has 34 heavy (non-hydrogen) atoms. The molecule has 11 heteroatoms. The quantitative estimate of drug-likeness (QED) is 0.304. The van der Waals surface area contributed by atoms with Crippen LogP contribution in [0.4, 0.5) is 10.2 Å². The van der Waals surface area contributed by atoms with E-state index in [1.807, 2.05) is 30.3 Å². The molecule has 5 aromatic rings. The Morgan fingerprint density at radius 3 is 2.82 bits per heavy atom. The molecule has 0 aliphatic carbocycles. The zero-order valence-corrected chi connectivity index (χ0v) is 18.2. The number of hydrogen-bond acceptors (Lipinski definition) is 7. The second-order valence-corrected chi connectivity index (χ2v) is 7.41. The Labute approximate surface area is 193 Å². The van der Waals surface area contributed by atoms with Crippen molar-refractivity contribution in [3.8, 4) is 5.69 Å². The molecule has 0 saturated carbocycles. The van der Waals surface area contributed by atoms with E-state index in [2.05, 4.69) is 30.6 Å². The summed E-state index contributed by atoms with van der Waals surface area (Å²) >= 11 is 0. The summed E-state index contributed by atoms with van der Waals surface area (Å²) in [6.45, 7) is 0.825. The molecule has 5 rings (SSSR count). The Hall–Kier alpha value is -4.38. The number of carbonyl (C=O) groups excluding carboxylic acids is 1. The molecule has 3 heterocycles. The number of nitrogens with zero attached hydrogens (tertiary/aromatic N) is 5. The Balaban J connectivity index is 1.61. The lowest BCUT2D eigenvalue weighted by Crippen LogP contribution is -2.28. The Morgan fingerprint density at radius 2 is 2.00 bits per heavy atom. The third-order valence-electron chi connectivity index (χ3n) is 5.31. The minimum atomic E-state index is -0.631. The van der Waals surface area contributed by atoms with Crippen molar-refractivity contribution in [3.05, 3.63) is 72.3 Å². The van der Waals surface area contributed by atoms with Crippen molar-refractivity contribution in [1.29, 1.82) is 0 Å². The summed E-state index contributed by atoms with van der Waals surface area (Å²) in [6, 6.07) is 12.2. The summed E-state index contributed by atoms with van der Waals surface area (Å²) in [7, 11) is 1.53. The van der Waals surface area contributed by atoms with E-state index in [4.69, 9.17) is 9.72 Å². The lowest BCUT2D eigenvalue weighted by molar-refractivity contribution is 0.0934. The van der Waals surface area contributed by atoms with Gasteiger partial charge in [0.15, 0.2) is 11.5 Å². The highest BCUT2D eigenvalue weighted by Crippen LogP contribution is 2.28. The van der Waals surface area contributed by atoms with Gasteiger partial charge in [-0.15, -0.1) is 0 Å². The molecule has 0 unspecified atom stereocenters. The van der Waals surface area contributed by atoms with E-state index in [1.54, 1.807) is 17.0 Å². The zero-order valence-electron chi connectivity index (χ0n) is 18.2. The maximum Gasteiger partial charge on any atom is 0.256 e. The molecule has 0 radical (unpaired) electrons. The van der Waals surface area contributed by atoms with Gasteiger partial charge in [-0.1, -0.05) is 18.2 Å². The van der Waals surface area contributed by atoms with Gasteiger partial charge in [-0.05, 0) is 24.3 Å². The minimum Gasteiger partial charge on any atom is -0.383 e. The number of halogens is 1. The number of amides is 1. The number of methoxy groups -OCH3 is 1. The van der Waals surface area contributed by atoms with Gasteiger partial charge < -0.3 is 20.4 Å². The molecule has 0 saturated heterocycles. The van der Waals surface area contributed by atoms with Crippen molar-refractivity contribution in [3.63, 3.8) is 0 Å². The maximum absolute atomic E-state index is 15.0. The molecular formula is C23H21FN8O2. The number of nitrogens with one attached hydrogen (secondary N) is 3. The number of fused-ring (bicyclic) bond motifs is 2. The number of H-pyrrole nitrogens is 1. The van der Waals surface area contributed by atoms with E-state index in [0.29, 0.717) is 40.4 Å². The summed E-state index contributed by atoms with van der Waals surface area (Å²) in [5.74, 6) is -0.0393. The van der Waals surface area contributed by atoms with E-state index in [1.165, 1.54) is 19.5 Å². The number of aromatic amines is 1. The maximum atomic E-state index is 15.0. The smallest absolute Gasteiger partial charge is 0.256 e. The second-order valence-electron chi connectivity index (χ2n) is 7.41. The molecule has 0 fully saturated rings. The molecular weight excluding hydrogens is 439 g/mol. The van der Waals surface area contributed by atoms with Gasteiger partial charge in [0.25, 0.3) is 5.91 Å². The van der Waals surface area contributed by atoms with E-state index >= 15 is 0 Å². The van der Waals surface area contributed by atoms with Crippen LogP contribution in [-0.4, -0.2) is 55.7 Å². The van der Waals surface area contributed by atoms with Gasteiger partial charge in [-0.3, -0.25) is 9.36 Å². The van der Waals surface area contributed by atoms with Crippen LogP contribution in [0.25, 0.3) is 27.9 Å². The van der Waals surface area contributed by atoms with Crippen LogP contribution in [-0.2, 0) is 11.3 Å². The van der Waals surface area contributed by atoms with Gasteiger partial charge >= 0.3 is 0 Å². The van der Waals surface area contributed by atoms with Crippen molar-refractivity contribution in [2.24, 2.45) is 0 Å². The monoisotopic (exact) mass is 460 g/mol. The Morgan fingerprint density at radius 1 is 1.15 bits per heavy atom. The standard InChI is InChI=1S/C23H21FN8O2/c1-34-10-9-25-23(33)18-15(24)7-8-16-20(18)32(14-5-3-2-4-6-14)17(31-16)11-26-21-19-22(28-12-27-19)30-13-29-21/h2-8,12-13H,9-11H2,1H3,(H,25,33)(H2,26,27,28,29,30). The first-order chi connectivity index (χ1) is 16.7. The van der Waals surface area contributed by atoms with Gasteiger partial charge in [-0.2, -0.15) is 0 Å². The SMILES string of the molecule is COCCNC(=O)c1c(F)ccc2nc(CNc3ncnc4nc[nH]c34)n(-c3ccccc3)c12. The number of rotatable bonds is 8. The number of hydrogen-bond donors (Lipinski definition) is 3. The number of anilines is 1. The van der Waals surface area contributed by atoms with E-state index in [0.717, 1.165) is 5.69 Å². The molecule has 0 bridgehead atoms. The lowest BCUT2D eigenvalue weighted by atomic mass is 10.1. The van der Waals surface area contributed by atoms with Crippen LogP contribution >= 0.6 is 0 Å². The third kappa shape index (κ3) is 3.92. The van der Waals surface area contributed by atoms with Crippen LogP contribution in [0.2, 0.25) is 0 Å².